The third kappa shape index (κ3) is 1.53. The third-order valence-electron chi connectivity index (χ3n) is 2.43. The van der Waals surface area contributed by atoms with Crippen LogP contribution in [0.3, 0.4) is 0 Å². The zero-order chi connectivity index (χ0) is 11.7. The molecule has 0 radical (unpaired) electrons. The van der Waals surface area contributed by atoms with Gasteiger partial charge in [-0.3, -0.25) is 4.79 Å². The first kappa shape index (κ1) is 10.6. The molecule has 16 heavy (non-hydrogen) atoms. The van der Waals surface area contributed by atoms with Gasteiger partial charge in [0.15, 0.2) is 6.29 Å². The number of aromatic amines is 1. The molecule has 2 N–H and O–H groups in total. The average molecular weight is 221 g/mol. The maximum atomic E-state index is 10.8. The number of rotatable bonds is 3. The molecule has 6 nitrogen and oxygen atoms in total. The predicted octanol–water partition coefficient (Wildman–Crippen LogP) is 0.986. The molecule has 0 amide bonds. The molecule has 2 heterocycles. The molecule has 0 aliphatic heterocycles. The van der Waals surface area contributed by atoms with Crippen LogP contribution in [0.1, 0.15) is 27.5 Å². The fraction of sp³-hybridized carbons (Fsp3) is 0.300. The van der Waals surface area contributed by atoms with E-state index < -0.39 is 0 Å². The normalized spacial score (nSPS) is 10.7. The molecule has 0 spiro atoms. The fourth-order valence-electron chi connectivity index (χ4n) is 1.57. The minimum atomic E-state index is -0.299. The van der Waals surface area contributed by atoms with E-state index in [0.717, 1.165) is 17.5 Å². The fourth-order valence-corrected chi connectivity index (χ4v) is 1.57. The zero-order valence-corrected chi connectivity index (χ0v) is 8.94. The summed E-state index contributed by atoms with van der Waals surface area (Å²) in [7, 11) is 0. The van der Waals surface area contributed by atoms with Gasteiger partial charge in [-0.15, -0.1) is 10.2 Å². The van der Waals surface area contributed by atoms with Crippen LogP contribution >= 0.6 is 0 Å². The molecule has 0 bridgehead atoms. The lowest BCUT2D eigenvalue weighted by Crippen LogP contribution is -1.83. The molecular formula is C10H11N3O3. The monoisotopic (exact) mass is 221 g/mol. The van der Waals surface area contributed by atoms with Crippen LogP contribution in [0.15, 0.2) is 4.42 Å². The lowest BCUT2D eigenvalue weighted by Gasteiger charge is -1.92. The van der Waals surface area contributed by atoms with Crippen molar-refractivity contribution >= 4 is 6.29 Å². The number of aliphatic hydroxyl groups is 1. The van der Waals surface area contributed by atoms with Crippen LogP contribution in [0.5, 0.6) is 0 Å². The van der Waals surface area contributed by atoms with Crippen molar-refractivity contribution in [2.45, 2.75) is 20.5 Å². The molecule has 84 valence electrons. The Kier molecular flexibility index (Phi) is 2.57. The quantitative estimate of drug-likeness (QED) is 0.754. The Hall–Kier alpha value is -1.95. The molecule has 0 saturated carbocycles. The number of nitrogens with zero attached hydrogens (tertiary/aromatic N) is 2. The van der Waals surface area contributed by atoms with E-state index >= 15 is 0 Å². The van der Waals surface area contributed by atoms with Gasteiger partial charge in [0.25, 0.3) is 5.89 Å². The summed E-state index contributed by atoms with van der Waals surface area (Å²) in [6.45, 7) is 3.29. The standard InChI is InChI=1S/C10H11N3O3/c1-5-7(3-14)6(2)11-9(5)10-13-12-8(4-15)16-10/h3,11,15H,4H2,1-2H3. The second kappa shape index (κ2) is 3.90. The van der Waals surface area contributed by atoms with Gasteiger partial charge in [0.05, 0.1) is 0 Å². The van der Waals surface area contributed by atoms with E-state index in [2.05, 4.69) is 15.2 Å². The molecule has 2 aromatic rings. The molecular weight excluding hydrogens is 210 g/mol. The Morgan fingerprint density at radius 2 is 2.19 bits per heavy atom. The molecule has 0 saturated heterocycles. The van der Waals surface area contributed by atoms with Gasteiger partial charge in [-0.2, -0.15) is 0 Å². The van der Waals surface area contributed by atoms with Crippen molar-refractivity contribution in [3.63, 3.8) is 0 Å². The molecule has 0 atom stereocenters. The molecule has 0 aliphatic rings. The maximum absolute atomic E-state index is 10.8. The van der Waals surface area contributed by atoms with Crippen molar-refractivity contribution in [3.05, 3.63) is 22.7 Å². The van der Waals surface area contributed by atoms with Crippen LogP contribution in [-0.2, 0) is 6.61 Å². The average Bonchev–Trinajstić information content (AvgIpc) is 2.83. The van der Waals surface area contributed by atoms with Crippen molar-refractivity contribution in [1.29, 1.82) is 0 Å². The molecule has 0 fully saturated rings. The van der Waals surface area contributed by atoms with E-state index in [1.165, 1.54) is 0 Å². The lowest BCUT2D eigenvalue weighted by atomic mass is 10.1. The highest BCUT2D eigenvalue weighted by atomic mass is 16.4. The first-order valence-corrected chi connectivity index (χ1v) is 4.75. The van der Waals surface area contributed by atoms with Crippen LogP contribution in [0.4, 0.5) is 0 Å². The molecule has 0 aliphatic carbocycles. The second-order valence-corrected chi connectivity index (χ2v) is 3.44. The largest absolute Gasteiger partial charge is 0.417 e. The van der Waals surface area contributed by atoms with Crippen LogP contribution in [0.2, 0.25) is 0 Å². The van der Waals surface area contributed by atoms with E-state index in [0.29, 0.717) is 11.3 Å². The number of hydrogen-bond donors (Lipinski definition) is 2. The second-order valence-electron chi connectivity index (χ2n) is 3.44. The number of H-pyrrole nitrogens is 1. The maximum Gasteiger partial charge on any atom is 0.264 e. The summed E-state index contributed by atoms with van der Waals surface area (Å²) in [6.07, 6.45) is 0.786. The number of aryl methyl sites for hydroxylation is 1. The Balaban J connectivity index is 2.51. The summed E-state index contributed by atoms with van der Waals surface area (Å²) in [5, 5.41) is 16.2. The van der Waals surface area contributed by atoms with Gasteiger partial charge in [0, 0.05) is 11.3 Å². The van der Waals surface area contributed by atoms with Crippen LogP contribution < -0.4 is 0 Å². The molecule has 6 heteroatoms. The van der Waals surface area contributed by atoms with Crippen LogP contribution in [0, 0.1) is 13.8 Å². The summed E-state index contributed by atoms with van der Waals surface area (Å²) in [5.41, 5.74) is 2.73. The van der Waals surface area contributed by atoms with Crippen molar-refractivity contribution in [1.82, 2.24) is 15.2 Å². The number of carbonyl (C=O) groups is 1. The first-order valence-electron chi connectivity index (χ1n) is 4.75. The first-order chi connectivity index (χ1) is 7.67. The number of carbonyl (C=O) groups excluding carboxylic acids is 1. The highest BCUT2D eigenvalue weighted by Crippen LogP contribution is 2.25. The number of aliphatic hydroxyl groups excluding tert-OH is 1. The summed E-state index contributed by atoms with van der Waals surface area (Å²) < 4.78 is 5.19. The van der Waals surface area contributed by atoms with Gasteiger partial charge < -0.3 is 14.5 Å². The summed E-state index contributed by atoms with van der Waals surface area (Å²) in [5.74, 6) is 0.423. The Bertz CT molecular complexity index is 527. The summed E-state index contributed by atoms with van der Waals surface area (Å²) >= 11 is 0. The Labute approximate surface area is 91.3 Å². The van der Waals surface area contributed by atoms with Crippen LogP contribution in [-0.4, -0.2) is 26.6 Å². The van der Waals surface area contributed by atoms with Crippen molar-refractivity contribution < 1.29 is 14.3 Å². The topological polar surface area (TPSA) is 92.0 Å². The predicted molar refractivity (Wildman–Crippen MR) is 54.9 cm³/mol. The van der Waals surface area contributed by atoms with E-state index in [1.807, 2.05) is 0 Å². The minimum Gasteiger partial charge on any atom is -0.417 e. The summed E-state index contributed by atoms with van der Waals surface area (Å²) in [6, 6.07) is 0. The smallest absolute Gasteiger partial charge is 0.264 e. The molecule has 2 rings (SSSR count). The van der Waals surface area contributed by atoms with E-state index in [-0.39, 0.29) is 18.4 Å². The van der Waals surface area contributed by atoms with Gasteiger partial charge in [-0.05, 0) is 19.4 Å². The van der Waals surface area contributed by atoms with E-state index in [4.69, 9.17) is 9.52 Å². The SMILES string of the molecule is Cc1[nH]c(-c2nnc(CO)o2)c(C)c1C=O. The number of nitrogens with one attached hydrogen (secondary N) is 1. The Morgan fingerprint density at radius 3 is 2.69 bits per heavy atom. The van der Waals surface area contributed by atoms with Gasteiger partial charge in [-0.25, -0.2) is 0 Å². The van der Waals surface area contributed by atoms with Crippen molar-refractivity contribution in [3.8, 4) is 11.6 Å². The van der Waals surface area contributed by atoms with Crippen molar-refractivity contribution in [2.24, 2.45) is 0 Å². The van der Waals surface area contributed by atoms with Gasteiger partial charge in [0.2, 0.25) is 5.89 Å². The molecule has 0 unspecified atom stereocenters. The third-order valence-corrected chi connectivity index (χ3v) is 2.43. The highest BCUT2D eigenvalue weighted by Gasteiger charge is 2.17. The number of hydrogen-bond acceptors (Lipinski definition) is 5. The number of aromatic nitrogens is 3. The van der Waals surface area contributed by atoms with Gasteiger partial charge in [0.1, 0.15) is 12.3 Å². The number of aldehydes is 1. The Morgan fingerprint density at radius 1 is 1.44 bits per heavy atom. The van der Waals surface area contributed by atoms with Gasteiger partial charge in [-0.1, -0.05) is 0 Å². The summed E-state index contributed by atoms with van der Waals surface area (Å²) in [4.78, 5) is 13.8. The lowest BCUT2D eigenvalue weighted by molar-refractivity contribution is 0.112. The highest BCUT2D eigenvalue weighted by molar-refractivity contribution is 5.82. The molecule has 0 aromatic carbocycles. The van der Waals surface area contributed by atoms with Crippen molar-refractivity contribution in [2.75, 3.05) is 0 Å². The zero-order valence-electron chi connectivity index (χ0n) is 8.94. The van der Waals surface area contributed by atoms with E-state index in [9.17, 15) is 4.79 Å². The molecule has 2 aromatic heterocycles. The van der Waals surface area contributed by atoms with E-state index in [1.54, 1.807) is 13.8 Å². The minimum absolute atomic E-state index is 0.148. The van der Waals surface area contributed by atoms with Crippen LogP contribution in [0.25, 0.3) is 11.6 Å². The van der Waals surface area contributed by atoms with Gasteiger partial charge >= 0.3 is 0 Å².